The predicted octanol–water partition coefficient (Wildman–Crippen LogP) is 1.73. The molecule has 56 heavy (non-hydrogen) atoms. The summed E-state index contributed by atoms with van der Waals surface area (Å²) in [5.74, 6) is -6.89. The lowest BCUT2D eigenvalue weighted by Gasteiger charge is -2.26. The molecule has 0 aliphatic heterocycles. The van der Waals surface area contributed by atoms with Crippen LogP contribution in [0.5, 0.6) is 0 Å². The van der Waals surface area contributed by atoms with E-state index in [0.29, 0.717) is 36.2 Å². The Labute approximate surface area is 331 Å². The van der Waals surface area contributed by atoms with Crippen LogP contribution in [0.1, 0.15) is 85.5 Å². The first kappa shape index (κ1) is 52.6. The number of hydrogen-bond acceptors (Lipinski definition) is 16. The summed E-state index contributed by atoms with van der Waals surface area (Å²) in [5, 5.41) is -2.58. The largest absolute Gasteiger partial charge is 0.462 e. The molecule has 1 unspecified atom stereocenters. The molecule has 0 bridgehead atoms. The topological polar surface area (TPSA) is 237 Å². The smallest absolute Gasteiger partial charge is 0.325 e. The van der Waals surface area contributed by atoms with Gasteiger partial charge >= 0.3 is 23.9 Å². The third kappa shape index (κ3) is 28.0. The van der Waals surface area contributed by atoms with Crippen LogP contribution in [0.4, 0.5) is 0 Å². The molecule has 19 nitrogen and oxygen atoms in total. The SMILES string of the molecule is CCCCOCCOC(=O)CN(CC(=O)OCCOCCCC)C(=O)CC(C(=O)N(CC(=O)OCCOCCCC)CC(=O)OCCOCCCC)S(=O)(=O)O. The molecular formula is C36H64N2O17S. The van der Waals surface area contributed by atoms with Gasteiger partial charge in [-0.25, -0.2) is 0 Å². The molecule has 0 spiro atoms. The zero-order chi connectivity index (χ0) is 42.0. The molecule has 0 rings (SSSR count). The minimum Gasteiger partial charge on any atom is -0.462 e. The van der Waals surface area contributed by atoms with E-state index in [9.17, 15) is 41.7 Å². The number of ether oxygens (including phenoxy) is 8. The standard InChI is InChI=1S/C36H64N2O17S/c1-5-9-13-48-17-21-52-32(40)26-37(27-33(41)53-22-18-49-14-10-6-2)31(39)25-30(56(45,46)47)36(44)38(28-34(42)54-23-19-50-15-11-7-3)29-35(43)55-24-20-51-16-12-8-4/h30H,5-29H2,1-4H3,(H,45,46,47). The van der Waals surface area contributed by atoms with Gasteiger partial charge in [0, 0.05) is 26.4 Å². The Morgan fingerprint density at radius 1 is 0.464 bits per heavy atom. The van der Waals surface area contributed by atoms with Crippen LogP contribution in [0.2, 0.25) is 0 Å². The highest BCUT2D eigenvalue weighted by molar-refractivity contribution is 7.87. The number of esters is 4. The lowest BCUT2D eigenvalue weighted by atomic mass is 10.2. The van der Waals surface area contributed by atoms with Crippen molar-refractivity contribution in [2.24, 2.45) is 0 Å². The first-order valence-electron chi connectivity index (χ1n) is 19.3. The van der Waals surface area contributed by atoms with Crippen LogP contribution < -0.4 is 0 Å². The van der Waals surface area contributed by atoms with Gasteiger partial charge in [-0.1, -0.05) is 53.4 Å². The summed E-state index contributed by atoms with van der Waals surface area (Å²) in [6, 6.07) is 0. The van der Waals surface area contributed by atoms with E-state index in [1.54, 1.807) is 0 Å². The van der Waals surface area contributed by atoms with E-state index < -0.39 is 83.7 Å². The normalized spacial score (nSPS) is 11.7. The molecule has 1 atom stereocenters. The van der Waals surface area contributed by atoms with Gasteiger partial charge in [0.25, 0.3) is 10.1 Å². The molecule has 0 fully saturated rings. The lowest BCUT2D eigenvalue weighted by Crippen LogP contribution is -2.50. The molecule has 0 aliphatic rings. The Morgan fingerprint density at radius 2 is 0.750 bits per heavy atom. The number of carbonyl (C=O) groups is 6. The minimum absolute atomic E-state index is 0.0281. The van der Waals surface area contributed by atoms with Gasteiger partial charge in [0.2, 0.25) is 11.8 Å². The number of amides is 2. The summed E-state index contributed by atoms with van der Waals surface area (Å²) >= 11 is 0. The van der Waals surface area contributed by atoms with Gasteiger partial charge in [0.05, 0.1) is 32.8 Å². The molecule has 2 amide bonds. The van der Waals surface area contributed by atoms with Crippen LogP contribution >= 0.6 is 0 Å². The summed E-state index contributed by atoms with van der Waals surface area (Å²) in [6.45, 7) is 5.25. The van der Waals surface area contributed by atoms with Gasteiger partial charge in [-0.15, -0.1) is 0 Å². The van der Waals surface area contributed by atoms with Gasteiger partial charge in [-0.3, -0.25) is 33.3 Å². The maximum atomic E-state index is 13.7. The Bertz CT molecular complexity index is 1170. The molecule has 20 heteroatoms. The second-order valence-corrected chi connectivity index (χ2v) is 14.0. The summed E-state index contributed by atoms with van der Waals surface area (Å²) in [5.41, 5.74) is 0. The van der Waals surface area contributed by atoms with Gasteiger partial charge in [-0.2, -0.15) is 8.42 Å². The van der Waals surface area contributed by atoms with Crippen LogP contribution in [-0.2, 0) is 76.8 Å². The highest BCUT2D eigenvalue weighted by Gasteiger charge is 2.40. The maximum absolute atomic E-state index is 13.7. The Morgan fingerprint density at radius 3 is 1.02 bits per heavy atom. The zero-order valence-corrected chi connectivity index (χ0v) is 34.4. The highest BCUT2D eigenvalue weighted by atomic mass is 32.2. The van der Waals surface area contributed by atoms with Crippen molar-refractivity contribution in [2.75, 3.05) is 105 Å². The quantitative estimate of drug-likeness (QED) is 0.0410. The second-order valence-electron chi connectivity index (χ2n) is 12.4. The van der Waals surface area contributed by atoms with Crippen molar-refractivity contribution in [3.05, 3.63) is 0 Å². The maximum Gasteiger partial charge on any atom is 0.325 e. The lowest BCUT2D eigenvalue weighted by molar-refractivity contribution is -0.157. The molecule has 0 radical (unpaired) electrons. The molecular weight excluding hydrogens is 764 g/mol. The summed E-state index contributed by atoms with van der Waals surface area (Å²) < 4.78 is 77.0. The van der Waals surface area contributed by atoms with Crippen LogP contribution in [0.3, 0.4) is 0 Å². The summed E-state index contributed by atoms with van der Waals surface area (Å²) in [6.07, 6.45) is 5.36. The van der Waals surface area contributed by atoms with E-state index in [2.05, 4.69) is 0 Å². The van der Waals surface area contributed by atoms with Gasteiger partial charge < -0.3 is 47.7 Å². The van der Waals surface area contributed by atoms with Crippen molar-refractivity contribution in [3.63, 3.8) is 0 Å². The summed E-state index contributed by atoms with van der Waals surface area (Å²) in [7, 11) is -5.42. The van der Waals surface area contributed by atoms with Crippen molar-refractivity contribution in [1.82, 2.24) is 9.80 Å². The molecule has 0 aliphatic carbocycles. The van der Waals surface area contributed by atoms with Gasteiger partial charge in [-0.05, 0) is 25.7 Å². The van der Waals surface area contributed by atoms with Crippen molar-refractivity contribution in [1.29, 1.82) is 0 Å². The second kappa shape index (κ2) is 33.7. The van der Waals surface area contributed by atoms with E-state index in [1.807, 2.05) is 27.7 Å². The average molecular weight is 829 g/mol. The Hall–Kier alpha value is -3.43. The molecule has 0 aromatic rings. The van der Waals surface area contributed by atoms with Crippen molar-refractivity contribution in [3.8, 4) is 0 Å². The van der Waals surface area contributed by atoms with E-state index >= 15 is 0 Å². The molecule has 326 valence electrons. The van der Waals surface area contributed by atoms with Crippen LogP contribution in [0.25, 0.3) is 0 Å². The van der Waals surface area contributed by atoms with Crippen LogP contribution in [0, 0.1) is 0 Å². The molecule has 0 saturated heterocycles. The van der Waals surface area contributed by atoms with Gasteiger partial charge in [0.15, 0.2) is 5.25 Å². The molecule has 0 aromatic heterocycles. The number of carbonyl (C=O) groups excluding carboxylic acids is 6. The minimum atomic E-state index is -5.42. The number of nitrogens with zero attached hydrogens (tertiary/aromatic N) is 2. The molecule has 0 aromatic carbocycles. The third-order valence-corrected chi connectivity index (χ3v) is 8.56. The average Bonchev–Trinajstić information content (AvgIpc) is 3.14. The fraction of sp³-hybridized carbons (Fsp3) is 0.833. The van der Waals surface area contributed by atoms with Gasteiger partial charge in [0.1, 0.15) is 52.6 Å². The highest BCUT2D eigenvalue weighted by Crippen LogP contribution is 2.13. The first-order chi connectivity index (χ1) is 26.8. The number of rotatable bonds is 36. The van der Waals surface area contributed by atoms with Crippen molar-refractivity contribution in [2.45, 2.75) is 90.7 Å². The monoisotopic (exact) mass is 828 g/mol. The van der Waals surface area contributed by atoms with Crippen molar-refractivity contribution < 1.29 is 79.6 Å². The van der Waals surface area contributed by atoms with Crippen molar-refractivity contribution >= 4 is 45.8 Å². The van der Waals surface area contributed by atoms with Crippen LogP contribution in [0.15, 0.2) is 0 Å². The predicted molar refractivity (Wildman–Crippen MR) is 200 cm³/mol. The Balaban J connectivity index is 6.03. The molecule has 0 heterocycles. The summed E-state index contributed by atoms with van der Waals surface area (Å²) in [4.78, 5) is 79.0. The van der Waals surface area contributed by atoms with Crippen LogP contribution in [-0.4, -0.2) is 169 Å². The molecule has 0 saturated carbocycles. The number of unbranched alkanes of at least 4 members (excludes halogenated alkanes) is 4. The zero-order valence-electron chi connectivity index (χ0n) is 33.5. The van der Waals surface area contributed by atoms with E-state index in [4.69, 9.17) is 37.9 Å². The third-order valence-electron chi connectivity index (χ3n) is 7.47. The van der Waals surface area contributed by atoms with E-state index in [0.717, 1.165) is 51.4 Å². The fourth-order valence-electron chi connectivity index (χ4n) is 4.31. The van der Waals surface area contributed by atoms with E-state index in [1.165, 1.54) is 0 Å². The number of hydrogen-bond donors (Lipinski definition) is 1. The molecule has 1 N–H and O–H groups in total. The fourth-order valence-corrected chi connectivity index (χ4v) is 5.07. The Kier molecular flexibility index (Phi) is 31.6. The first-order valence-corrected chi connectivity index (χ1v) is 20.8. The van der Waals surface area contributed by atoms with E-state index in [-0.39, 0.29) is 52.9 Å².